The molecule has 2 N–H and O–H groups in total. The molecule has 1 atom stereocenters. The minimum Gasteiger partial charge on any atom is -0.383 e. The Kier molecular flexibility index (Phi) is 5.01. The molecule has 1 saturated heterocycles. The van der Waals surface area contributed by atoms with Gasteiger partial charge in [-0.25, -0.2) is 0 Å². The summed E-state index contributed by atoms with van der Waals surface area (Å²) in [6, 6.07) is 4.11. The first-order valence-corrected chi connectivity index (χ1v) is 7.57. The Morgan fingerprint density at radius 3 is 2.52 bits per heavy atom. The summed E-state index contributed by atoms with van der Waals surface area (Å²) >= 11 is 0. The summed E-state index contributed by atoms with van der Waals surface area (Å²) in [5, 5.41) is 6.56. The number of rotatable bonds is 5. The highest BCUT2D eigenvalue weighted by atomic mass is 16.5. The minimum atomic E-state index is -0.114. The van der Waals surface area contributed by atoms with Crippen LogP contribution >= 0.6 is 0 Å². The lowest BCUT2D eigenvalue weighted by Gasteiger charge is -2.29. The predicted molar refractivity (Wildman–Crippen MR) is 84.8 cm³/mol. The molecule has 1 aliphatic rings. The van der Waals surface area contributed by atoms with Crippen LogP contribution in [0.5, 0.6) is 0 Å². The molecule has 1 amide bonds. The van der Waals surface area contributed by atoms with Gasteiger partial charge in [-0.15, -0.1) is 0 Å². The molecule has 0 aliphatic carbocycles. The average Bonchev–Trinajstić information content (AvgIpc) is 2.85. The van der Waals surface area contributed by atoms with Crippen molar-refractivity contribution in [3.63, 3.8) is 0 Å². The molecule has 4 heteroatoms. The van der Waals surface area contributed by atoms with E-state index in [0.717, 1.165) is 36.1 Å². The molecule has 4 nitrogen and oxygen atoms in total. The van der Waals surface area contributed by atoms with Crippen LogP contribution in [0.15, 0.2) is 12.1 Å². The third-order valence-electron chi connectivity index (χ3n) is 4.24. The standard InChI is InChI=1S/C17H26N2O2/c1-12-8-13(2)15(14(3)9-12)16(20)18-10-17(11-21-4)6-5-7-19-17/h8-9,19H,5-7,10-11H2,1-4H3,(H,18,20). The zero-order valence-electron chi connectivity index (χ0n) is 13.5. The SMILES string of the molecule is COCC1(CNC(=O)c2c(C)cc(C)cc2C)CCCN1. The van der Waals surface area contributed by atoms with E-state index in [9.17, 15) is 4.79 Å². The van der Waals surface area contributed by atoms with Crippen LogP contribution in [0.2, 0.25) is 0 Å². The van der Waals surface area contributed by atoms with Gasteiger partial charge in [0.25, 0.3) is 5.91 Å². The molecule has 0 aromatic heterocycles. The monoisotopic (exact) mass is 290 g/mol. The Labute approximate surface area is 127 Å². The van der Waals surface area contributed by atoms with Gasteiger partial charge in [-0.3, -0.25) is 4.79 Å². The number of aryl methyl sites for hydroxylation is 3. The lowest BCUT2D eigenvalue weighted by atomic mass is 9.96. The van der Waals surface area contributed by atoms with Gasteiger partial charge >= 0.3 is 0 Å². The highest BCUT2D eigenvalue weighted by Gasteiger charge is 2.34. The number of carbonyl (C=O) groups excluding carboxylic acids is 1. The summed E-state index contributed by atoms with van der Waals surface area (Å²) in [6.07, 6.45) is 2.16. The predicted octanol–water partition coefficient (Wildman–Crippen LogP) is 2.11. The fourth-order valence-electron chi connectivity index (χ4n) is 3.35. The summed E-state index contributed by atoms with van der Waals surface area (Å²) in [7, 11) is 1.71. The maximum Gasteiger partial charge on any atom is 0.251 e. The lowest BCUT2D eigenvalue weighted by molar-refractivity contribution is 0.0891. The number of methoxy groups -OCH3 is 1. The van der Waals surface area contributed by atoms with Crippen LogP contribution in [-0.4, -0.2) is 38.3 Å². The smallest absolute Gasteiger partial charge is 0.251 e. The Hall–Kier alpha value is -1.39. The lowest BCUT2D eigenvalue weighted by Crippen LogP contribution is -2.53. The molecule has 21 heavy (non-hydrogen) atoms. The first-order chi connectivity index (χ1) is 9.97. The average molecular weight is 290 g/mol. The minimum absolute atomic E-state index is 0.00850. The molecule has 1 aromatic rings. The van der Waals surface area contributed by atoms with E-state index in [2.05, 4.69) is 29.7 Å². The molecular weight excluding hydrogens is 264 g/mol. The fraction of sp³-hybridized carbons (Fsp3) is 0.588. The number of nitrogens with one attached hydrogen (secondary N) is 2. The van der Waals surface area contributed by atoms with Crippen molar-refractivity contribution in [2.45, 2.75) is 39.2 Å². The number of amides is 1. The van der Waals surface area contributed by atoms with Crippen LogP contribution in [0.1, 0.15) is 39.9 Å². The number of benzene rings is 1. The van der Waals surface area contributed by atoms with Gasteiger partial charge in [0.15, 0.2) is 0 Å². The van der Waals surface area contributed by atoms with E-state index in [4.69, 9.17) is 4.74 Å². The number of hydrogen-bond donors (Lipinski definition) is 2. The van der Waals surface area contributed by atoms with Crippen LogP contribution < -0.4 is 10.6 Å². The van der Waals surface area contributed by atoms with Crippen molar-refractivity contribution in [1.29, 1.82) is 0 Å². The van der Waals surface area contributed by atoms with Crippen molar-refractivity contribution in [2.75, 3.05) is 26.8 Å². The molecule has 0 radical (unpaired) electrons. The highest BCUT2D eigenvalue weighted by molar-refractivity contribution is 5.97. The molecule has 2 rings (SSSR count). The Morgan fingerprint density at radius 2 is 2.00 bits per heavy atom. The maximum absolute atomic E-state index is 12.5. The summed E-state index contributed by atoms with van der Waals surface area (Å²) < 4.78 is 5.32. The molecule has 116 valence electrons. The topological polar surface area (TPSA) is 50.4 Å². The third-order valence-corrected chi connectivity index (χ3v) is 4.24. The first kappa shape index (κ1) is 16.0. The van der Waals surface area contributed by atoms with E-state index in [1.807, 2.05) is 13.8 Å². The second kappa shape index (κ2) is 6.58. The second-order valence-corrected chi connectivity index (χ2v) is 6.20. The zero-order valence-corrected chi connectivity index (χ0v) is 13.5. The van der Waals surface area contributed by atoms with Gasteiger partial charge in [-0.05, 0) is 51.3 Å². The van der Waals surface area contributed by atoms with E-state index >= 15 is 0 Å². The van der Waals surface area contributed by atoms with E-state index in [0.29, 0.717) is 13.2 Å². The second-order valence-electron chi connectivity index (χ2n) is 6.20. The van der Waals surface area contributed by atoms with Crippen LogP contribution in [0.3, 0.4) is 0 Å². The van der Waals surface area contributed by atoms with Gasteiger partial charge in [0.05, 0.1) is 12.1 Å². The van der Waals surface area contributed by atoms with Gasteiger partial charge in [-0.2, -0.15) is 0 Å². The van der Waals surface area contributed by atoms with Crippen LogP contribution in [0, 0.1) is 20.8 Å². The Bertz CT molecular complexity index is 497. The molecule has 0 saturated carbocycles. The number of ether oxygens (including phenoxy) is 1. The zero-order chi connectivity index (χ0) is 15.5. The molecule has 1 fully saturated rings. The third kappa shape index (κ3) is 3.63. The van der Waals surface area contributed by atoms with Crippen molar-refractivity contribution in [3.05, 3.63) is 34.4 Å². The van der Waals surface area contributed by atoms with Crippen molar-refractivity contribution in [3.8, 4) is 0 Å². The van der Waals surface area contributed by atoms with Crippen LogP contribution in [-0.2, 0) is 4.74 Å². The van der Waals surface area contributed by atoms with E-state index in [1.165, 1.54) is 5.56 Å². The van der Waals surface area contributed by atoms with Crippen molar-refractivity contribution in [2.24, 2.45) is 0 Å². The van der Waals surface area contributed by atoms with E-state index < -0.39 is 0 Å². The Balaban J connectivity index is 2.08. The summed E-state index contributed by atoms with van der Waals surface area (Å²) in [5.74, 6) is 0.00850. The fourth-order valence-corrected chi connectivity index (χ4v) is 3.35. The molecule has 1 heterocycles. The molecule has 1 aromatic carbocycles. The van der Waals surface area contributed by atoms with Gasteiger partial charge in [0, 0.05) is 19.2 Å². The van der Waals surface area contributed by atoms with Gasteiger partial charge in [-0.1, -0.05) is 17.7 Å². The summed E-state index contributed by atoms with van der Waals surface area (Å²) in [4.78, 5) is 12.5. The quantitative estimate of drug-likeness (QED) is 0.873. The molecule has 1 unspecified atom stereocenters. The first-order valence-electron chi connectivity index (χ1n) is 7.57. The highest BCUT2D eigenvalue weighted by Crippen LogP contribution is 2.20. The Morgan fingerprint density at radius 1 is 1.33 bits per heavy atom. The summed E-state index contributed by atoms with van der Waals surface area (Å²) in [5.41, 5.74) is 3.94. The van der Waals surface area contributed by atoms with Crippen molar-refractivity contribution in [1.82, 2.24) is 10.6 Å². The molecule has 0 spiro atoms. The maximum atomic E-state index is 12.5. The van der Waals surface area contributed by atoms with Gasteiger partial charge in [0.1, 0.15) is 0 Å². The largest absolute Gasteiger partial charge is 0.383 e. The van der Waals surface area contributed by atoms with Gasteiger partial charge < -0.3 is 15.4 Å². The number of hydrogen-bond acceptors (Lipinski definition) is 3. The van der Waals surface area contributed by atoms with Crippen LogP contribution in [0.25, 0.3) is 0 Å². The normalized spacial score (nSPS) is 21.5. The van der Waals surface area contributed by atoms with Crippen LogP contribution in [0.4, 0.5) is 0 Å². The molecule has 0 bridgehead atoms. The van der Waals surface area contributed by atoms with Crippen molar-refractivity contribution >= 4 is 5.91 Å². The molecule has 1 aliphatic heterocycles. The summed E-state index contributed by atoms with van der Waals surface area (Å²) in [6.45, 7) is 8.26. The van der Waals surface area contributed by atoms with E-state index in [1.54, 1.807) is 7.11 Å². The van der Waals surface area contributed by atoms with Gasteiger partial charge in [0.2, 0.25) is 0 Å². The number of carbonyl (C=O) groups is 1. The molecular formula is C17H26N2O2. The van der Waals surface area contributed by atoms with Crippen molar-refractivity contribution < 1.29 is 9.53 Å². The van der Waals surface area contributed by atoms with E-state index in [-0.39, 0.29) is 11.4 Å².